The first-order valence-corrected chi connectivity index (χ1v) is 7.71. The molecule has 0 bridgehead atoms. The molecule has 1 aliphatic rings. The van der Waals surface area contributed by atoms with E-state index in [1.807, 2.05) is 32.0 Å². The number of nitrogens with one attached hydrogen (secondary N) is 1. The van der Waals surface area contributed by atoms with Crippen LogP contribution < -0.4 is 15.6 Å². The summed E-state index contributed by atoms with van der Waals surface area (Å²) in [7, 11) is 0. The van der Waals surface area contributed by atoms with E-state index in [0.29, 0.717) is 12.2 Å². The van der Waals surface area contributed by atoms with Gasteiger partial charge in [-0.1, -0.05) is 18.2 Å². The molecule has 2 heterocycles. The second kappa shape index (κ2) is 5.91. The van der Waals surface area contributed by atoms with Gasteiger partial charge in [0.25, 0.3) is 5.56 Å². The number of hydrogen-bond donors (Lipinski definition) is 1. The van der Waals surface area contributed by atoms with Gasteiger partial charge in [-0.15, -0.1) is 0 Å². The molecule has 120 valence electrons. The first kappa shape index (κ1) is 15.3. The summed E-state index contributed by atoms with van der Waals surface area (Å²) in [5.74, 6) is 0.616. The normalized spacial score (nSPS) is 14.9. The molecule has 0 saturated heterocycles. The van der Waals surface area contributed by atoms with Crippen molar-refractivity contribution in [2.45, 2.75) is 38.8 Å². The van der Waals surface area contributed by atoms with Crippen LogP contribution >= 0.6 is 0 Å². The van der Waals surface area contributed by atoms with Crippen LogP contribution in [0, 0.1) is 0 Å². The highest BCUT2D eigenvalue weighted by atomic mass is 16.5. The Bertz CT molecular complexity index is 793. The molecule has 0 aliphatic carbocycles. The molecule has 1 aromatic carbocycles. The number of nitrogens with zero attached hydrogens (tertiary/aromatic N) is 1. The number of carbonyl (C=O) groups is 1. The highest BCUT2D eigenvalue weighted by molar-refractivity contribution is 5.92. The average molecular weight is 312 g/mol. The Morgan fingerprint density at radius 3 is 2.87 bits per heavy atom. The molecule has 23 heavy (non-hydrogen) atoms. The first-order chi connectivity index (χ1) is 10.9. The van der Waals surface area contributed by atoms with Crippen LogP contribution in [0.4, 0.5) is 5.69 Å². The number of ether oxygens (including phenoxy) is 1. The fourth-order valence-electron chi connectivity index (χ4n) is 2.79. The van der Waals surface area contributed by atoms with Crippen molar-refractivity contribution in [1.82, 2.24) is 4.57 Å². The lowest BCUT2D eigenvalue weighted by Crippen LogP contribution is -2.25. The fraction of sp³-hybridized carbons (Fsp3) is 0.333. The number of amides is 1. The van der Waals surface area contributed by atoms with Gasteiger partial charge in [0.1, 0.15) is 11.4 Å². The SMILES string of the molecule is CC1(C)Cc2cccc(NC(=O)CCn3ccccc3=O)c2O1. The molecule has 5 nitrogen and oxygen atoms in total. The summed E-state index contributed by atoms with van der Waals surface area (Å²) in [5.41, 5.74) is 1.44. The zero-order valence-electron chi connectivity index (χ0n) is 13.3. The molecule has 0 radical (unpaired) electrons. The molecular formula is C18H20N2O3. The van der Waals surface area contributed by atoms with Gasteiger partial charge in [0.05, 0.1) is 5.69 Å². The van der Waals surface area contributed by atoms with Gasteiger partial charge in [-0.05, 0) is 26.0 Å². The van der Waals surface area contributed by atoms with Gasteiger partial charge in [0, 0.05) is 37.2 Å². The minimum atomic E-state index is -0.249. The van der Waals surface area contributed by atoms with Crippen LogP contribution in [0.5, 0.6) is 5.75 Å². The van der Waals surface area contributed by atoms with Crippen LogP contribution in [-0.2, 0) is 17.8 Å². The summed E-state index contributed by atoms with van der Waals surface area (Å²) in [6.07, 6.45) is 2.74. The molecular weight excluding hydrogens is 292 g/mol. The number of pyridine rings is 1. The summed E-state index contributed by atoms with van der Waals surface area (Å²) < 4.78 is 7.46. The average Bonchev–Trinajstić information content (AvgIpc) is 2.81. The van der Waals surface area contributed by atoms with Crippen molar-refractivity contribution in [3.63, 3.8) is 0 Å². The van der Waals surface area contributed by atoms with E-state index in [9.17, 15) is 9.59 Å². The Kier molecular flexibility index (Phi) is 3.94. The van der Waals surface area contributed by atoms with E-state index in [-0.39, 0.29) is 23.5 Å². The molecule has 3 rings (SSSR count). The maximum atomic E-state index is 12.2. The van der Waals surface area contributed by atoms with Crippen LogP contribution in [0.25, 0.3) is 0 Å². The van der Waals surface area contributed by atoms with Gasteiger partial charge in [-0.3, -0.25) is 9.59 Å². The Labute approximate surface area is 134 Å². The first-order valence-electron chi connectivity index (χ1n) is 7.71. The Morgan fingerprint density at radius 2 is 2.09 bits per heavy atom. The third-order valence-electron chi connectivity index (χ3n) is 3.84. The molecule has 1 amide bonds. The van der Waals surface area contributed by atoms with Gasteiger partial charge in [0.15, 0.2) is 0 Å². The molecule has 0 fully saturated rings. The van der Waals surface area contributed by atoms with Crippen LogP contribution in [0.1, 0.15) is 25.8 Å². The quantitative estimate of drug-likeness (QED) is 0.944. The van der Waals surface area contributed by atoms with E-state index < -0.39 is 0 Å². The van der Waals surface area contributed by atoms with Crippen molar-refractivity contribution in [2.24, 2.45) is 0 Å². The Balaban J connectivity index is 1.67. The van der Waals surface area contributed by atoms with E-state index >= 15 is 0 Å². The molecule has 0 saturated carbocycles. The number of hydrogen-bond acceptors (Lipinski definition) is 3. The minimum absolute atomic E-state index is 0.106. The number of benzene rings is 1. The second-order valence-corrected chi connectivity index (χ2v) is 6.36. The number of para-hydroxylation sites is 1. The van der Waals surface area contributed by atoms with Crippen LogP contribution in [0.3, 0.4) is 0 Å². The van der Waals surface area contributed by atoms with E-state index in [1.165, 1.54) is 10.6 Å². The number of fused-ring (bicyclic) bond motifs is 1. The molecule has 1 aromatic heterocycles. The second-order valence-electron chi connectivity index (χ2n) is 6.36. The molecule has 1 aliphatic heterocycles. The zero-order chi connectivity index (χ0) is 16.4. The molecule has 5 heteroatoms. The Morgan fingerprint density at radius 1 is 1.26 bits per heavy atom. The fourth-order valence-corrected chi connectivity index (χ4v) is 2.79. The summed E-state index contributed by atoms with van der Waals surface area (Å²) in [6.45, 7) is 4.41. The molecule has 2 aromatic rings. The highest BCUT2D eigenvalue weighted by Gasteiger charge is 2.31. The third-order valence-corrected chi connectivity index (χ3v) is 3.84. The number of carbonyl (C=O) groups excluding carboxylic acids is 1. The third kappa shape index (κ3) is 3.44. The lowest BCUT2D eigenvalue weighted by Gasteiger charge is -2.18. The summed E-state index contributed by atoms with van der Waals surface area (Å²) in [4.78, 5) is 23.8. The summed E-state index contributed by atoms with van der Waals surface area (Å²) >= 11 is 0. The number of rotatable bonds is 4. The highest BCUT2D eigenvalue weighted by Crippen LogP contribution is 2.40. The van der Waals surface area contributed by atoms with Gasteiger partial charge < -0.3 is 14.6 Å². The number of aryl methyl sites for hydroxylation is 1. The maximum Gasteiger partial charge on any atom is 0.250 e. The van der Waals surface area contributed by atoms with Gasteiger partial charge in [-0.25, -0.2) is 0 Å². The lowest BCUT2D eigenvalue weighted by atomic mass is 10.0. The van der Waals surface area contributed by atoms with E-state index in [1.54, 1.807) is 18.3 Å². The molecule has 1 N–H and O–H groups in total. The van der Waals surface area contributed by atoms with Crippen molar-refractivity contribution in [3.05, 3.63) is 58.5 Å². The van der Waals surface area contributed by atoms with Crippen molar-refractivity contribution < 1.29 is 9.53 Å². The van der Waals surface area contributed by atoms with Crippen LogP contribution in [0.15, 0.2) is 47.4 Å². The van der Waals surface area contributed by atoms with E-state index in [4.69, 9.17) is 4.74 Å². The van der Waals surface area contributed by atoms with Gasteiger partial charge in [0.2, 0.25) is 5.91 Å². The smallest absolute Gasteiger partial charge is 0.250 e. The monoisotopic (exact) mass is 312 g/mol. The number of aromatic nitrogens is 1. The van der Waals surface area contributed by atoms with Crippen molar-refractivity contribution in [2.75, 3.05) is 5.32 Å². The zero-order valence-corrected chi connectivity index (χ0v) is 13.3. The maximum absolute atomic E-state index is 12.2. The van der Waals surface area contributed by atoms with E-state index in [2.05, 4.69) is 5.32 Å². The predicted molar refractivity (Wildman–Crippen MR) is 88.8 cm³/mol. The predicted octanol–water partition coefficient (Wildman–Crippen LogP) is 2.59. The minimum Gasteiger partial charge on any atom is -0.485 e. The van der Waals surface area contributed by atoms with Crippen LogP contribution in [0.2, 0.25) is 0 Å². The standard InChI is InChI=1S/C18H20N2O3/c1-18(2)12-13-6-5-7-14(17(13)23-18)19-15(21)9-11-20-10-4-3-8-16(20)22/h3-8,10H,9,11-12H2,1-2H3,(H,19,21). The molecule has 0 unspecified atom stereocenters. The molecule has 0 atom stereocenters. The Hall–Kier alpha value is -2.56. The van der Waals surface area contributed by atoms with Gasteiger partial charge >= 0.3 is 0 Å². The molecule has 0 spiro atoms. The lowest BCUT2D eigenvalue weighted by molar-refractivity contribution is -0.116. The van der Waals surface area contributed by atoms with Crippen molar-refractivity contribution in [1.29, 1.82) is 0 Å². The van der Waals surface area contributed by atoms with Crippen LogP contribution in [-0.4, -0.2) is 16.1 Å². The summed E-state index contributed by atoms with van der Waals surface area (Å²) in [5, 5.41) is 2.89. The summed E-state index contributed by atoms with van der Waals surface area (Å²) in [6, 6.07) is 10.7. The van der Waals surface area contributed by atoms with E-state index in [0.717, 1.165) is 17.7 Å². The topological polar surface area (TPSA) is 60.3 Å². The number of anilines is 1. The van der Waals surface area contributed by atoms with Gasteiger partial charge in [-0.2, -0.15) is 0 Å². The van der Waals surface area contributed by atoms with Crippen molar-refractivity contribution in [3.8, 4) is 5.75 Å². The van der Waals surface area contributed by atoms with Crippen molar-refractivity contribution >= 4 is 11.6 Å². The largest absolute Gasteiger partial charge is 0.485 e.